The maximum Gasteiger partial charge on any atom is 0.293 e. The number of halogens is 1. The van der Waals surface area contributed by atoms with Gasteiger partial charge >= 0.3 is 0 Å². The Balaban J connectivity index is 1.85. The molecule has 31 heavy (non-hydrogen) atoms. The highest BCUT2D eigenvalue weighted by atomic mass is 32.2. The number of likely N-dealkylation sites (N-methyl/N-ethyl adjacent to an activating group) is 1. The number of nitrogens with one attached hydrogen (secondary N) is 1. The van der Waals surface area contributed by atoms with Crippen molar-refractivity contribution >= 4 is 21.4 Å². The molecule has 0 spiro atoms. The molecule has 10 heteroatoms. The standard InChI is InChI=1S/C21H27FN4O4S/c1-24(2)21(16-7-6-8-17(22)13-16)15-23-19-10-9-18(14-20(19)26(27)28)31(29,30)25-11-4-3-5-12-25/h6-10,13-14,21,23H,3-5,11-12,15H2,1-2H3. The molecule has 1 unspecified atom stereocenters. The molecule has 1 saturated heterocycles. The number of anilines is 1. The molecule has 2 aromatic rings. The highest BCUT2D eigenvalue weighted by molar-refractivity contribution is 7.89. The Hall–Kier alpha value is -2.56. The molecular formula is C21H27FN4O4S. The minimum Gasteiger partial charge on any atom is -0.378 e. The van der Waals surface area contributed by atoms with E-state index in [4.69, 9.17) is 0 Å². The van der Waals surface area contributed by atoms with Crippen LogP contribution in [0.1, 0.15) is 30.9 Å². The van der Waals surface area contributed by atoms with Crippen molar-refractivity contribution in [2.24, 2.45) is 0 Å². The van der Waals surface area contributed by atoms with Crippen molar-refractivity contribution in [3.8, 4) is 0 Å². The van der Waals surface area contributed by atoms with Crippen molar-refractivity contribution in [2.45, 2.75) is 30.2 Å². The Morgan fingerprint density at radius 2 is 1.87 bits per heavy atom. The quantitative estimate of drug-likeness (QED) is 0.487. The lowest BCUT2D eigenvalue weighted by atomic mass is 10.1. The van der Waals surface area contributed by atoms with E-state index in [1.165, 1.54) is 28.6 Å². The summed E-state index contributed by atoms with van der Waals surface area (Å²) >= 11 is 0. The van der Waals surface area contributed by atoms with E-state index >= 15 is 0 Å². The first-order chi connectivity index (χ1) is 14.7. The molecule has 0 aliphatic carbocycles. The fraction of sp³-hybridized carbons (Fsp3) is 0.429. The van der Waals surface area contributed by atoms with Gasteiger partial charge in [-0.25, -0.2) is 12.8 Å². The van der Waals surface area contributed by atoms with Gasteiger partial charge in [-0.05, 0) is 56.8 Å². The maximum absolute atomic E-state index is 13.6. The van der Waals surface area contributed by atoms with Crippen molar-refractivity contribution in [1.29, 1.82) is 0 Å². The van der Waals surface area contributed by atoms with Gasteiger partial charge in [0.15, 0.2) is 0 Å². The molecule has 0 radical (unpaired) electrons. The van der Waals surface area contributed by atoms with Gasteiger partial charge in [0.2, 0.25) is 10.0 Å². The van der Waals surface area contributed by atoms with Crippen LogP contribution in [0.5, 0.6) is 0 Å². The average Bonchev–Trinajstić information content (AvgIpc) is 2.74. The second-order valence-electron chi connectivity index (χ2n) is 7.82. The Bertz CT molecular complexity index is 1040. The van der Waals surface area contributed by atoms with Gasteiger partial charge in [0, 0.05) is 25.7 Å². The molecule has 8 nitrogen and oxygen atoms in total. The summed E-state index contributed by atoms with van der Waals surface area (Å²) in [5, 5.41) is 14.7. The number of nitro benzene ring substituents is 1. The Morgan fingerprint density at radius 3 is 2.48 bits per heavy atom. The zero-order valence-electron chi connectivity index (χ0n) is 17.6. The number of benzene rings is 2. The Morgan fingerprint density at radius 1 is 1.16 bits per heavy atom. The topological polar surface area (TPSA) is 95.8 Å². The predicted molar refractivity (Wildman–Crippen MR) is 117 cm³/mol. The van der Waals surface area contributed by atoms with Gasteiger partial charge in [-0.2, -0.15) is 4.31 Å². The average molecular weight is 451 g/mol. The van der Waals surface area contributed by atoms with E-state index in [0.29, 0.717) is 13.1 Å². The molecular weight excluding hydrogens is 423 g/mol. The SMILES string of the molecule is CN(C)C(CNc1ccc(S(=O)(=O)N2CCCCC2)cc1[N+](=O)[O-])c1cccc(F)c1. The summed E-state index contributed by atoms with van der Waals surface area (Å²) < 4.78 is 40.8. The van der Waals surface area contributed by atoms with E-state index in [1.54, 1.807) is 12.1 Å². The number of piperidine rings is 1. The Kier molecular flexibility index (Phi) is 7.24. The first-order valence-electron chi connectivity index (χ1n) is 10.1. The number of nitro groups is 1. The van der Waals surface area contributed by atoms with Crippen molar-refractivity contribution in [3.05, 3.63) is 64.0 Å². The van der Waals surface area contributed by atoms with Crippen LogP contribution >= 0.6 is 0 Å². The third kappa shape index (κ3) is 5.38. The van der Waals surface area contributed by atoms with Gasteiger partial charge in [-0.15, -0.1) is 0 Å². The number of hydrogen-bond acceptors (Lipinski definition) is 6. The molecule has 1 fully saturated rings. The molecule has 3 rings (SSSR count). The summed E-state index contributed by atoms with van der Waals surface area (Å²) in [6.45, 7) is 1.12. The van der Waals surface area contributed by atoms with Crippen LogP contribution in [0.15, 0.2) is 47.4 Å². The Labute approximate surface area is 181 Å². The van der Waals surface area contributed by atoms with Crippen LogP contribution in [0.2, 0.25) is 0 Å². The molecule has 1 atom stereocenters. The van der Waals surface area contributed by atoms with Gasteiger partial charge in [-0.1, -0.05) is 18.6 Å². The van der Waals surface area contributed by atoms with Crippen molar-refractivity contribution in [1.82, 2.24) is 9.21 Å². The predicted octanol–water partition coefficient (Wildman–Crippen LogP) is 3.62. The summed E-state index contributed by atoms with van der Waals surface area (Å²) in [6.07, 6.45) is 2.55. The van der Waals surface area contributed by atoms with Gasteiger partial charge < -0.3 is 10.2 Å². The lowest BCUT2D eigenvalue weighted by Gasteiger charge is -2.26. The summed E-state index contributed by atoms with van der Waals surface area (Å²) in [6, 6.07) is 9.87. The molecule has 1 aliphatic heterocycles. The third-order valence-corrected chi connectivity index (χ3v) is 7.36. The third-order valence-electron chi connectivity index (χ3n) is 5.46. The largest absolute Gasteiger partial charge is 0.378 e. The molecule has 168 valence electrons. The molecule has 1 heterocycles. The zero-order chi connectivity index (χ0) is 22.6. The molecule has 2 aromatic carbocycles. The van der Waals surface area contributed by atoms with Gasteiger partial charge in [0.25, 0.3) is 5.69 Å². The highest BCUT2D eigenvalue weighted by Gasteiger charge is 2.28. The van der Waals surface area contributed by atoms with E-state index in [9.17, 15) is 22.9 Å². The first-order valence-corrected chi connectivity index (χ1v) is 11.6. The van der Waals surface area contributed by atoms with E-state index in [-0.39, 0.29) is 34.7 Å². The van der Waals surface area contributed by atoms with E-state index in [1.807, 2.05) is 19.0 Å². The van der Waals surface area contributed by atoms with E-state index in [0.717, 1.165) is 30.9 Å². The van der Waals surface area contributed by atoms with Crippen LogP contribution in [0.3, 0.4) is 0 Å². The summed E-state index contributed by atoms with van der Waals surface area (Å²) in [7, 11) is -0.109. The van der Waals surface area contributed by atoms with E-state index < -0.39 is 14.9 Å². The number of hydrogen-bond donors (Lipinski definition) is 1. The van der Waals surface area contributed by atoms with Gasteiger partial charge in [-0.3, -0.25) is 10.1 Å². The monoisotopic (exact) mass is 450 g/mol. The van der Waals surface area contributed by atoms with Crippen LogP contribution in [0.4, 0.5) is 15.8 Å². The maximum atomic E-state index is 13.6. The van der Waals surface area contributed by atoms with Crippen molar-refractivity contribution in [3.63, 3.8) is 0 Å². The van der Waals surface area contributed by atoms with Crippen LogP contribution in [0.25, 0.3) is 0 Å². The summed E-state index contributed by atoms with van der Waals surface area (Å²) in [5.41, 5.74) is 0.630. The van der Waals surface area contributed by atoms with Crippen LogP contribution in [-0.2, 0) is 10.0 Å². The zero-order valence-corrected chi connectivity index (χ0v) is 18.4. The fourth-order valence-corrected chi connectivity index (χ4v) is 5.28. The minimum absolute atomic E-state index is 0.0825. The van der Waals surface area contributed by atoms with Crippen molar-refractivity contribution in [2.75, 3.05) is 39.0 Å². The minimum atomic E-state index is -3.78. The highest BCUT2D eigenvalue weighted by Crippen LogP contribution is 2.31. The molecule has 0 saturated carbocycles. The second kappa shape index (κ2) is 9.71. The second-order valence-corrected chi connectivity index (χ2v) is 9.75. The first kappa shape index (κ1) is 23.1. The van der Waals surface area contributed by atoms with Crippen LogP contribution in [0, 0.1) is 15.9 Å². The lowest BCUT2D eigenvalue weighted by molar-refractivity contribution is -0.384. The molecule has 1 aliphatic rings. The molecule has 0 aromatic heterocycles. The number of rotatable bonds is 8. The molecule has 0 bridgehead atoms. The number of nitrogens with zero attached hydrogens (tertiary/aromatic N) is 3. The van der Waals surface area contributed by atoms with Gasteiger partial charge in [0.05, 0.1) is 15.9 Å². The smallest absolute Gasteiger partial charge is 0.293 e. The summed E-state index contributed by atoms with van der Waals surface area (Å²) in [5.74, 6) is -0.359. The van der Waals surface area contributed by atoms with Gasteiger partial charge in [0.1, 0.15) is 11.5 Å². The lowest BCUT2D eigenvalue weighted by Crippen LogP contribution is -2.35. The summed E-state index contributed by atoms with van der Waals surface area (Å²) in [4.78, 5) is 12.9. The normalized spacial score (nSPS) is 16.3. The number of sulfonamides is 1. The van der Waals surface area contributed by atoms with Crippen LogP contribution in [-0.4, -0.2) is 56.3 Å². The van der Waals surface area contributed by atoms with Crippen molar-refractivity contribution < 1.29 is 17.7 Å². The van der Waals surface area contributed by atoms with E-state index in [2.05, 4.69) is 5.32 Å². The van der Waals surface area contributed by atoms with Crippen LogP contribution < -0.4 is 5.32 Å². The fourth-order valence-electron chi connectivity index (χ4n) is 3.75. The molecule has 1 N–H and O–H groups in total. The molecule has 0 amide bonds.